The molecule has 2 aliphatic carbocycles. The summed E-state index contributed by atoms with van der Waals surface area (Å²) >= 11 is 0. The van der Waals surface area contributed by atoms with Gasteiger partial charge in [0.1, 0.15) is 0 Å². The van der Waals surface area contributed by atoms with Crippen LogP contribution >= 0.6 is 0 Å². The van der Waals surface area contributed by atoms with Gasteiger partial charge < -0.3 is 5.11 Å². The Labute approximate surface area is 124 Å². The molecule has 3 aliphatic rings. The van der Waals surface area contributed by atoms with Crippen molar-refractivity contribution in [2.45, 2.75) is 63.8 Å². The smallest absolute Gasteiger partial charge is 0.308 e. The number of hydrogen-bond donors (Lipinski definition) is 1. The first-order valence-corrected chi connectivity index (χ1v) is 8.21. The molecule has 1 N–H and O–H groups in total. The molecule has 21 heavy (non-hydrogen) atoms. The molecule has 1 aliphatic heterocycles. The minimum atomic E-state index is -0.864. The summed E-state index contributed by atoms with van der Waals surface area (Å²) in [6.07, 6.45) is 7.57. The molecule has 116 valence electrons. The molecule has 4 unspecified atom stereocenters. The highest BCUT2D eigenvalue weighted by molar-refractivity contribution is 6.05. The van der Waals surface area contributed by atoms with E-state index in [2.05, 4.69) is 0 Å². The Kier molecular flexibility index (Phi) is 4.00. The molecule has 0 aromatic rings. The highest BCUT2D eigenvalue weighted by Gasteiger charge is 2.52. The van der Waals surface area contributed by atoms with E-state index in [1.54, 1.807) is 0 Å². The predicted octanol–water partition coefficient (Wildman–Crippen LogP) is 2.20. The van der Waals surface area contributed by atoms with Crippen LogP contribution in [-0.2, 0) is 14.4 Å². The van der Waals surface area contributed by atoms with Crippen molar-refractivity contribution in [1.29, 1.82) is 0 Å². The van der Waals surface area contributed by atoms with Crippen LogP contribution < -0.4 is 0 Å². The summed E-state index contributed by atoms with van der Waals surface area (Å²) in [7, 11) is 0. The largest absolute Gasteiger partial charge is 0.481 e. The van der Waals surface area contributed by atoms with Gasteiger partial charge in [-0.05, 0) is 25.7 Å². The van der Waals surface area contributed by atoms with Gasteiger partial charge in [0.2, 0.25) is 11.8 Å². The van der Waals surface area contributed by atoms with E-state index in [1.807, 2.05) is 0 Å². The minimum absolute atomic E-state index is 0.0946. The van der Waals surface area contributed by atoms with Crippen LogP contribution in [0.3, 0.4) is 0 Å². The number of carbonyl (C=O) groups excluding carboxylic acids is 2. The van der Waals surface area contributed by atoms with Crippen molar-refractivity contribution in [3.8, 4) is 0 Å². The fourth-order valence-corrected chi connectivity index (χ4v) is 4.40. The van der Waals surface area contributed by atoms with Gasteiger partial charge in [-0.25, -0.2) is 0 Å². The van der Waals surface area contributed by atoms with Crippen molar-refractivity contribution in [2.24, 2.45) is 17.8 Å². The van der Waals surface area contributed by atoms with Gasteiger partial charge in [0, 0.05) is 0 Å². The zero-order chi connectivity index (χ0) is 15.0. The fourth-order valence-electron chi connectivity index (χ4n) is 4.40. The number of carbonyl (C=O) groups is 3. The van der Waals surface area contributed by atoms with Gasteiger partial charge in [0.05, 0.1) is 23.8 Å². The highest BCUT2D eigenvalue weighted by atomic mass is 16.4. The van der Waals surface area contributed by atoms with E-state index in [0.717, 1.165) is 44.9 Å². The molecule has 0 aromatic heterocycles. The molecule has 1 saturated heterocycles. The van der Waals surface area contributed by atoms with Gasteiger partial charge in [-0.3, -0.25) is 19.3 Å². The zero-order valence-corrected chi connectivity index (χ0v) is 12.3. The third-order valence-corrected chi connectivity index (χ3v) is 5.50. The average molecular weight is 293 g/mol. The molecular formula is C16H23NO4. The number of hydrogen-bond acceptors (Lipinski definition) is 3. The second-order valence-electron chi connectivity index (χ2n) is 6.69. The number of amides is 2. The number of aliphatic carboxylic acids is 1. The summed E-state index contributed by atoms with van der Waals surface area (Å²) in [6.45, 7) is 0. The molecule has 1 heterocycles. The second-order valence-corrected chi connectivity index (χ2v) is 6.69. The first kappa shape index (κ1) is 14.5. The van der Waals surface area contributed by atoms with Crippen LogP contribution in [0.5, 0.6) is 0 Å². The summed E-state index contributed by atoms with van der Waals surface area (Å²) in [5.74, 6) is -1.99. The third-order valence-electron chi connectivity index (χ3n) is 5.50. The quantitative estimate of drug-likeness (QED) is 0.625. The summed E-state index contributed by atoms with van der Waals surface area (Å²) in [5.41, 5.74) is 0. The first-order valence-electron chi connectivity index (χ1n) is 8.21. The number of rotatable bonds is 2. The monoisotopic (exact) mass is 293 g/mol. The van der Waals surface area contributed by atoms with Crippen molar-refractivity contribution in [1.82, 2.24) is 4.90 Å². The molecule has 3 fully saturated rings. The summed E-state index contributed by atoms with van der Waals surface area (Å²) in [5, 5.41) is 9.48. The second kappa shape index (κ2) is 5.78. The van der Waals surface area contributed by atoms with Crippen molar-refractivity contribution in [2.75, 3.05) is 0 Å². The van der Waals surface area contributed by atoms with E-state index in [0.29, 0.717) is 12.8 Å². The van der Waals surface area contributed by atoms with E-state index < -0.39 is 17.9 Å². The number of likely N-dealkylation sites (tertiary alicyclic amines) is 1. The Morgan fingerprint density at radius 3 is 1.95 bits per heavy atom. The third kappa shape index (κ3) is 2.47. The van der Waals surface area contributed by atoms with E-state index in [1.165, 1.54) is 4.90 Å². The van der Waals surface area contributed by atoms with Gasteiger partial charge in [-0.1, -0.05) is 32.1 Å². The Hall–Kier alpha value is -1.39. The van der Waals surface area contributed by atoms with Crippen LogP contribution in [0.25, 0.3) is 0 Å². The van der Waals surface area contributed by atoms with Crippen molar-refractivity contribution in [3.63, 3.8) is 0 Å². The van der Waals surface area contributed by atoms with E-state index in [-0.39, 0.29) is 23.7 Å². The van der Waals surface area contributed by atoms with Gasteiger partial charge >= 0.3 is 5.97 Å². The Morgan fingerprint density at radius 2 is 1.38 bits per heavy atom. The van der Waals surface area contributed by atoms with Gasteiger partial charge in [0.15, 0.2) is 0 Å². The van der Waals surface area contributed by atoms with Crippen molar-refractivity contribution < 1.29 is 19.5 Å². The van der Waals surface area contributed by atoms with Gasteiger partial charge in [-0.2, -0.15) is 0 Å². The maximum absolute atomic E-state index is 12.6. The number of carboxylic acids is 1. The SMILES string of the molecule is O=C(O)C1CCCCCC1N1C(=O)C2CCCCC2C1=O. The van der Waals surface area contributed by atoms with Crippen LogP contribution in [-0.4, -0.2) is 33.8 Å². The molecule has 0 radical (unpaired) electrons. The molecule has 5 heteroatoms. The molecule has 0 bridgehead atoms. The van der Waals surface area contributed by atoms with Crippen molar-refractivity contribution in [3.05, 3.63) is 0 Å². The summed E-state index contributed by atoms with van der Waals surface area (Å²) in [6, 6.07) is -0.421. The standard InChI is InChI=1S/C16H23NO4/c18-14-10-6-4-5-7-11(10)15(19)17(14)13-9-3-1-2-8-12(13)16(20)21/h10-13H,1-9H2,(H,20,21). The Balaban J connectivity index is 1.87. The maximum Gasteiger partial charge on any atom is 0.308 e. The highest BCUT2D eigenvalue weighted by Crippen LogP contribution is 2.41. The molecule has 5 nitrogen and oxygen atoms in total. The molecule has 0 aromatic carbocycles. The molecule has 4 atom stereocenters. The minimum Gasteiger partial charge on any atom is -0.481 e. The van der Waals surface area contributed by atoms with E-state index in [9.17, 15) is 19.5 Å². The van der Waals surface area contributed by atoms with Crippen LogP contribution in [0.2, 0.25) is 0 Å². The van der Waals surface area contributed by atoms with Crippen LogP contribution in [0.4, 0.5) is 0 Å². The maximum atomic E-state index is 12.6. The molecule has 2 saturated carbocycles. The lowest BCUT2D eigenvalue weighted by atomic mass is 9.81. The number of carboxylic acid groups (broad SMARTS) is 1. The topological polar surface area (TPSA) is 74.7 Å². The number of nitrogens with zero attached hydrogens (tertiary/aromatic N) is 1. The molecule has 0 spiro atoms. The van der Waals surface area contributed by atoms with Gasteiger partial charge in [0.25, 0.3) is 0 Å². The number of fused-ring (bicyclic) bond motifs is 1. The zero-order valence-electron chi connectivity index (χ0n) is 12.3. The summed E-state index contributed by atoms with van der Waals surface area (Å²) < 4.78 is 0. The lowest BCUT2D eigenvalue weighted by Crippen LogP contribution is -2.47. The van der Waals surface area contributed by atoms with E-state index >= 15 is 0 Å². The van der Waals surface area contributed by atoms with Crippen molar-refractivity contribution >= 4 is 17.8 Å². The average Bonchev–Trinajstić information content (AvgIpc) is 2.66. The van der Waals surface area contributed by atoms with Crippen LogP contribution in [0.1, 0.15) is 57.8 Å². The lowest BCUT2D eigenvalue weighted by Gasteiger charge is -2.30. The van der Waals surface area contributed by atoms with E-state index in [4.69, 9.17) is 0 Å². The lowest BCUT2D eigenvalue weighted by molar-refractivity contribution is -0.150. The first-order chi connectivity index (χ1) is 10.1. The van der Waals surface area contributed by atoms with Crippen LogP contribution in [0.15, 0.2) is 0 Å². The molecular weight excluding hydrogens is 270 g/mol. The Morgan fingerprint density at radius 1 is 0.857 bits per heavy atom. The van der Waals surface area contributed by atoms with Gasteiger partial charge in [-0.15, -0.1) is 0 Å². The molecule has 3 rings (SSSR count). The summed E-state index contributed by atoms with van der Waals surface area (Å²) in [4.78, 5) is 38.2. The Bertz CT molecular complexity index is 437. The molecule has 2 amide bonds. The fraction of sp³-hybridized carbons (Fsp3) is 0.812. The normalized spacial score (nSPS) is 37.2. The number of imide groups is 1. The van der Waals surface area contributed by atoms with Crippen LogP contribution in [0, 0.1) is 17.8 Å². The predicted molar refractivity (Wildman–Crippen MR) is 75.3 cm³/mol.